The van der Waals surface area contributed by atoms with E-state index in [-0.39, 0.29) is 5.92 Å². The van der Waals surface area contributed by atoms with Crippen LogP contribution < -0.4 is 5.32 Å². The minimum atomic E-state index is 0.284. The lowest BCUT2D eigenvalue weighted by Gasteiger charge is -2.27. The fraction of sp³-hybridized carbons (Fsp3) is 0.909. The first-order chi connectivity index (χ1) is 6.40. The summed E-state index contributed by atoms with van der Waals surface area (Å²) in [5.41, 5.74) is 0. The third-order valence-electron chi connectivity index (χ3n) is 3.57. The Bertz CT molecular complexity index is 201. The van der Waals surface area contributed by atoms with Gasteiger partial charge in [0.1, 0.15) is 0 Å². The highest BCUT2D eigenvalue weighted by molar-refractivity contribution is 4.96. The molecule has 1 saturated heterocycles. The second-order valence-corrected chi connectivity index (χ2v) is 4.47. The van der Waals surface area contributed by atoms with Crippen molar-refractivity contribution >= 4 is 0 Å². The molecule has 0 aromatic carbocycles. The minimum absolute atomic E-state index is 0.284. The van der Waals surface area contributed by atoms with E-state index in [0.29, 0.717) is 6.04 Å². The zero-order valence-electron chi connectivity index (χ0n) is 8.13. The van der Waals surface area contributed by atoms with Gasteiger partial charge in [0.25, 0.3) is 0 Å². The zero-order chi connectivity index (χ0) is 9.10. The Hall–Kier alpha value is -0.550. The molecular formula is C11H18N2. The normalized spacial score (nSPS) is 35.9. The fourth-order valence-electron chi connectivity index (χ4n) is 2.76. The highest BCUT2D eigenvalue weighted by Gasteiger charge is 2.30. The van der Waals surface area contributed by atoms with Crippen LogP contribution in [-0.2, 0) is 0 Å². The molecule has 2 fully saturated rings. The van der Waals surface area contributed by atoms with Gasteiger partial charge in [-0.3, -0.25) is 0 Å². The molecule has 0 bridgehead atoms. The first kappa shape index (κ1) is 9.02. The summed E-state index contributed by atoms with van der Waals surface area (Å²) in [6.07, 6.45) is 8.10. The number of nitrogens with one attached hydrogen (secondary N) is 1. The maximum Gasteiger partial charge on any atom is 0.0669 e. The Labute approximate surface area is 80.3 Å². The monoisotopic (exact) mass is 178 g/mol. The number of hydrogen-bond acceptors (Lipinski definition) is 2. The van der Waals surface area contributed by atoms with Gasteiger partial charge < -0.3 is 5.32 Å². The van der Waals surface area contributed by atoms with E-state index in [1.165, 1.54) is 32.1 Å². The Morgan fingerprint density at radius 2 is 1.92 bits per heavy atom. The summed E-state index contributed by atoms with van der Waals surface area (Å²) in [6.45, 7) is 0.928. The summed E-state index contributed by atoms with van der Waals surface area (Å²) in [5, 5.41) is 12.3. The van der Waals surface area contributed by atoms with E-state index < -0.39 is 0 Å². The van der Waals surface area contributed by atoms with E-state index in [1.54, 1.807) is 0 Å². The molecule has 72 valence electrons. The van der Waals surface area contributed by atoms with Gasteiger partial charge in [-0.1, -0.05) is 19.3 Å². The summed E-state index contributed by atoms with van der Waals surface area (Å²) in [6, 6.07) is 3.03. The van der Waals surface area contributed by atoms with Crippen molar-refractivity contribution in [1.82, 2.24) is 5.32 Å². The molecule has 1 aliphatic carbocycles. The molecule has 13 heavy (non-hydrogen) atoms. The van der Waals surface area contributed by atoms with E-state index in [9.17, 15) is 0 Å². The molecule has 0 radical (unpaired) electrons. The smallest absolute Gasteiger partial charge is 0.0669 e. The number of hydrogen-bond donors (Lipinski definition) is 1. The Morgan fingerprint density at radius 3 is 2.54 bits per heavy atom. The quantitative estimate of drug-likeness (QED) is 0.667. The van der Waals surface area contributed by atoms with Crippen LogP contribution in [-0.4, -0.2) is 12.6 Å². The molecule has 2 nitrogen and oxygen atoms in total. The van der Waals surface area contributed by atoms with Crippen molar-refractivity contribution in [2.75, 3.05) is 6.54 Å². The van der Waals surface area contributed by atoms with Crippen LogP contribution in [0.25, 0.3) is 0 Å². The lowest BCUT2D eigenvalue weighted by atomic mass is 9.82. The van der Waals surface area contributed by atoms with Crippen molar-refractivity contribution in [1.29, 1.82) is 5.26 Å². The van der Waals surface area contributed by atoms with Crippen molar-refractivity contribution in [3.8, 4) is 6.07 Å². The van der Waals surface area contributed by atoms with Gasteiger partial charge in [-0.05, 0) is 25.2 Å². The molecule has 0 aromatic heterocycles. The summed E-state index contributed by atoms with van der Waals surface area (Å²) in [7, 11) is 0. The Morgan fingerprint density at radius 1 is 1.15 bits per heavy atom. The van der Waals surface area contributed by atoms with E-state index in [1.807, 2.05) is 0 Å². The first-order valence-electron chi connectivity index (χ1n) is 5.53. The Kier molecular flexibility index (Phi) is 2.85. The predicted molar refractivity (Wildman–Crippen MR) is 52.1 cm³/mol. The molecule has 1 N–H and O–H groups in total. The lowest BCUT2D eigenvalue weighted by molar-refractivity contribution is 0.286. The van der Waals surface area contributed by atoms with E-state index in [0.717, 1.165) is 18.9 Å². The molecule has 0 aromatic rings. The minimum Gasteiger partial charge on any atom is -0.312 e. The van der Waals surface area contributed by atoms with Crippen molar-refractivity contribution in [3.63, 3.8) is 0 Å². The standard InChI is InChI=1S/C11H18N2/c12-7-9-6-11(13-8-9)10-4-2-1-3-5-10/h9-11,13H,1-6,8H2. The fourth-order valence-corrected chi connectivity index (χ4v) is 2.76. The molecule has 1 aliphatic heterocycles. The molecule has 2 aliphatic rings. The van der Waals surface area contributed by atoms with Crippen LogP contribution in [0.3, 0.4) is 0 Å². The molecule has 0 spiro atoms. The molecule has 2 heteroatoms. The lowest BCUT2D eigenvalue weighted by Crippen LogP contribution is -2.31. The average molecular weight is 178 g/mol. The van der Waals surface area contributed by atoms with Gasteiger partial charge >= 0.3 is 0 Å². The van der Waals surface area contributed by atoms with Gasteiger partial charge in [0.2, 0.25) is 0 Å². The second kappa shape index (κ2) is 4.11. The highest BCUT2D eigenvalue weighted by Crippen LogP contribution is 2.31. The summed E-state index contributed by atoms with van der Waals surface area (Å²) >= 11 is 0. The maximum absolute atomic E-state index is 8.79. The van der Waals surface area contributed by atoms with E-state index in [4.69, 9.17) is 5.26 Å². The van der Waals surface area contributed by atoms with Gasteiger partial charge in [-0.25, -0.2) is 0 Å². The van der Waals surface area contributed by atoms with Gasteiger partial charge in [-0.15, -0.1) is 0 Å². The van der Waals surface area contributed by atoms with Crippen LogP contribution in [0.15, 0.2) is 0 Å². The van der Waals surface area contributed by atoms with Crippen molar-refractivity contribution in [2.45, 2.75) is 44.6 Å². The van der Waals surface area contributed by atoms with Crippen molar-refractivity contribution < 1.29 is 0 Å². The molecule has 2 atom stereocenters. The number of nitriles is 1. The second-order valence-electron chi connectivity index (χ2n) is 4.47. The summed E-state index contributed by atoms with van der Waals surface area (Å²) in [4.78, 5) is 0. The Balaban J connectivity index is 1.84. The summed E-state index contributed by atoms with van der Waals surface area (Å²) in [5.74, 6) is 1.15. The topological polar surface area (TPSA) is 35.8 Å². The van der Waals surface area contributed by atoms with Gasteiger partial charge in [0.15, 0.2) is 0 Å². The zero-order valence-corrected chi connectivity index (χ0v) is 8.13. The average Bonchev–Trinajstić information content (AvgIpc) is 2.67. The number of nitrogens with zero attached hydrogens (tertiary/aromatic N) is 1. The summed E-state index contributed by atoms with van der Waals surface area (Å²) < 4.78 is 0. The molecule has 1 heterocycles. The predicted octanol–water partition coefficient (Wildman–Crippen LogP) is 2.07. The maximum atomic E-state index is 8.79. The third-order valence-corrected chi connectivity index (χ3v) is 3.57. The van der Waals surface area contributed by atoms with E-state index >= 15 is 0 Å². The van der Waals surface area contributed by atoms with Crippen LogP contribution in [0.5, 0.6) is 0 Å². The van der Waals surface area contributed by atoms with Gasteiger partial charge in [0.05, 0.1) is 12.0 Å². The van der Waals surface area contributed by atoms with Crippen LogP contribution in [0, 0.1) is 23.2 Å². The molecular weight excluding hydrogens is 160 g/mol. The van der Waals surface area contributed by atoms with Crippen molar-refractivity contribution in [3.05, 3.63) is 0 Å². The van der Waals surface area contributed by atoms with Gasteiger partial charge in [0, 0.05) is 12.6 Å². The largest absolute Gasteiger partial charge is 0.312 e. The third kappa shape index (κ3) is 2.03. The molecule has 1 saturated carbocycles. The van der Waals surface area contributed by atoms with Crippen LogP contribution in [0.2, 0.25) is 0 Å². The van der Waals surface area contributed by atoms with Crippen LogP contribution in [0.1, 0.15) is 38.5 Å². The SMILES string of the molecule is N#CC1CNC(C2CCCCC2)C1. The van der Waals surface area contributed by atoms with E-state index in [2.05, 4.69) is 11.4 Å². The van der Waals surface area contributed by atoms with Gasteiger partial charge in [-0.2, -0.15) is 5.26 Å². The molecule has 2 rings (SSSR count). The molecule has 0 amide bonds. The van der Waals surface area contributed by atoms with Crippen molar-refractivity contribution in [2.24, 2.45) is 11.8 Å². The first-order valence-corrected chi connectivity index (χ1v) is 5.53. The van der Waals surface area contributed by atoms with Crippen LogP contribution >= 0.6 is 0 Å². The number of rotatable bonds is 1. The van der Waals surface area contributed by atoms with Crippen LogP contribution in [0.4, 0.5) is 0 Å². The molecule has 2 unspecified atom stereocenters. The highest BCUT2D eigenvalue weighted by atomic mass is 15.0.